The van der Waals surface area contributed by atoms with E-state index in [2.05, 4.69) is 6.58 Å². The van der Waals surface area contributed by atoms with Gasteiger partial charge in [-0.15, -0.1) is 0 Å². The zero-order chi connectivity index (χ0) is 22.5. The number of ether oxygens (including phenoxy) is 1. The molecule has 0 aliphatic carbocycles. The molecule has 0 saturated heterocycles. The van der Waals surface area contributed by atoms with E-state index in [0.717, 1.165) is 0 Å². The van der Waals surface area contributed by atoms with E-state index in [1.54, 1.807) is 25.1 Å². The summed E-state index contributed by atoms with van der Waals surface area (Å²) in [5, 5.41) is 31.1. The van der Waals surface area contributed by atoms with Crippen molar-refractivity contribution in [3.63, 3.8) is 0 Å². The van der Waals surface area contributed by atoms with Gasteiger partial charge >= 0.3 is 0 Å². The Morgan fingerprint density at radius 1 is 1.19 bits per heavy atom. The van der Waals surface area contributed by atoms with E-state index in [-0.39, 0.29) is 34.5 Å². The Hall–Kier alpha value is -3.51. The Kier molecular flexibility index (Phi) is 4.90. The number of aromatic hydroxyl groups is 2. The number of hydrogen-bond acceptors (Lipinski definition) is 6. The zero-order valence-electron chi connectivity index (χ0n) is 17.6. The summed E-state index contributed by atoms with van der Waals surface area (Å²) in [6.45, 7) is 9.21. The van der Waals surface area contributed by atoms with Crippen LogP contribution in [-0.4, -0.2) is 27.0 Å². The van der Waals surface area contributed by atoms with Gasteiger partial charge in [0.1, 0.15) is 34.5 Å². The standard InChI is InChI=1S/C25H24O6/c1-13(2)19(27)11-17-21(28)20-22(29)18(14-5-7-15(26)8-6-14)12-30-24(20)16-9-10-25(3,4)31-23(16)17/h5-10,12,19,26-28H,1,11H2,2-4H3/t19-/m1/s1. The number of aliphatic hydroxyl groups is 1. The van der Waals surface area contributed by atoms with E-state index < -0.39 is 17.1 Å². The largest absolute Gasteiger partial charge is 0.508 e. The van der Waals surface area contributed by atoms with Crippen LogP contribution >= 0.6 is 0 Å². The van der Waals surface area contributed by atoms with Crippen LogP contribution in [0.5, 0.6) is 17.2 Å². The van der Waals surface area contributed by atoms with Gasteiger partial charge in [-0.05, 0) is 50.6 Å². The van der Waals surface area contributed by atoms with Gasteiger partial charge in [-0.25, -0.2) is 0 Å². The van der Waals surface area contributed by atoms with Gasteiger partial charge in [0.25, 0.3) is 0 Å². The average Bonchev–Trinajstić information content (AvgIpc) is 2.70. The summed E-state index contributed by atoms with van der Waals surface area (Å²) in [6.07, 6.45) is 4.11. The van der Waals surface area contributed by atoms with Crippen molar-refractivity contribution in [2.75, 3.05) is 0 Å². The van der Waals surface area contributed by atoms with Gasteiger partial charge in [0.15, 0.2) is 5.58 Å². The van der Waals surface area contributed by atoms with E-state index in [4.69, 9.17) is 9.15 Å². The minimum absolute atomic E-state index is 0.0150. The highest BCUT2D eigenvalue weighted by atomic mass is 16.5. The second kappa shape index (κ2) is 7.32. The number of hydrogen-bond donors (Lipinski definition) is 3. The highest BCUT2D eigenvalue weighted by Gasteiger charge is 2.31. The van der Waals surface area contributed by atoms with E-state index in [1.807, 2.05) is 19.9 Å². The van der Waals surface area contributed by atoms with Crippen LogP contribution in [0.3, 0.4) is 0 Å². The Morgan fingerprint density at radius 2 is 1.87 bits per heavy atom. The van der Waals surface area contributed by atoms with Gasteiger partial charge in [-0.1, -0.05) is 24.3 Å². The molecular weight excluding hydrogens is 396 g/mol. The maximum absolute atomic E-state index is 13.4. The highest BCUT2D eigenvalue weighted by Crippen LogP contribution is 2.45. The molecule has 1 atom stereocenters. The minimum Gasteiger partial charge on any atom is -0.508 e. The lowest BCUT2D eigenvalue weighted by Crippen LogP contribution is -2.29. The predicted molar refractivity (Wildman–Crippen MR) is 120 cm³/mol. The van der Waals surface area contributed by atoms with Crippen LogP contribution in [0.4, 0.5) is 0 Å². The first-order valence-electron chi connectivity index (χ1n) is 9.93. The molecule has 4 rings (SSSR count). The molecule has 2 aromatic carbocycles. The molecule has 0 unspecified atom stereocenters. The molecule has 6 heteroatoms. The molecule has 1 aliphatic rings. The maximum atomic E-state index is 13.4. The van der Waals surface area contributed by atoms with Gasteiger partial charge in [0.2, 0.25) is 5.43 Å². The van der Waals surface area contributed by atoms with Crippen molar-refractivity contribution >= 4 is 17.0 Å². The maximum Gasteiger partial charge on any atom is 0.204 e. The summed E-state index contributed by atoms with van der Waals surface area (Å²) in [6, 6.07) is 6.14. The smallest absolute Gasteiger partial charge is 0.204 e. The Morgan fingerprint density at radius 3 is 2.52 bits per heavy atom. The number of rotatable bonds is 4. The molecule has 31 heavy (non-hydrogen) atoms. The third-order valence-corrected chi connectivity index (χ3v) is 5.44. The fraction of sp³-hybridized carbons (Fsp3) is 0.240. The Bertz CT molecular complexity index is 1280. The molecule has 0 spiro atoms. The lowest BCUT2D eigenvalue weighted by atomic mass is 9.92. The van der Waals surface area contributed by atoms with Crippen LogP contribution in [0.15, 0.2) is 58.0 Å². The van der Waals surface area contributed by atoms with Crippen molar-refractivity contribution in [1.82, 2.24) is 0 Å². The van der Waals surface area contributed by atoms with Crippen molar-refractivity contribution in [2.45, 2.75) is 38.9 Å². The van der Waals surface area contributed by atoms with Crippen molar-refractivity contribution in [1.29, 1.82) is 0 Å². The highest BCUT2D eigenvalue weighted by molar-refractivity contribution is 5.97. The topological polar surface area (TPSA) is 100 Å². The monoisotopic (exact) mass is 420 g/mol. The Labute approximate surface area is 179 Å². The van der Waals surface area contributed by atoms with Crippen molar-refractivity contribution < 1.29 is 24.5 Å². The molecule has 0 saturated carbocycles. The van der Waals surface area contributed by atoms with Crippen LogP contribution < -0.4 is 10.2 Å². The molecule has 2 heterocycles. The molecule has 1 aromatic heterocycles. The molecule has 0 fully saturated rings. The summed E-state index contributed by atoms with van der Waals surface area (Å²) >= 11 is 0. The van der Waals surface area contributed by atoms with Gasteiger partial charge in [-0.2, -0.15) is 0 Å². The summed E-state index contributed by atoms with van der Waals surface area (Å²) in [4.78, 5) is 13.4. The number of fused-ring (bicyclic) bond motifs is 3. The van der Waals surface area contributed by atoms with Gasteiger partial charge in [-0.3, -0.25) is 4.79 Å². The second-order valence-electron chi connectivity index (χ2n) is 8.40. The summed E-state index contributed by atoms with van der Waals surface area (Å²) < 4.78 is 11.9. The summed E-state index contributed by atoms with van der Waals surface area (Å²) in [5.41, 5.74) is 1.33. The van der Waals surface area contributed by atoms with Crippen LogP contribution in [0.25, 0.3) is 28.2 Å². The first-order chi connectivity index (χ1) is 14.6. The van der Waals surface area contributed by atoms with Crippen molar-refractivity contribution in [2.24, 2.45) is 0 Å². The minimum atomic E-state index is -0.919. The number of aliphatic hydroxyl groups excluding tert-OH is 1. The summed E-state index contributed by atoms with van der Waals surface area (Å²) in [5.74, 6) is 0.166. The molecule has 0 bridgehead atoms. The molecule has 1 aliphatic heterocycles. The molecule has 6 nitrogen and oxygen atoms in total. The third kappa shape index (κ3) is 3.59. The lowest BCUT2D eigenvalue weighted by Gasteiger charge is -2.30. The van der Waals surface area contributed by atoms with Crippen LogP contribution in [0.2, 0.25) is 0 Å². The Balaban J connectivity index is 2.03. The second-order valence-corrected chi connectivity index (χ2v) is 8.40. The molecule has 3 N–H and O–H groups in total. The predicted octanol–water partition coefficient (Wildman–Crippen LogP) is 4.53. The number of phenolic OH excluding ortho intramolecular Hbond substituents is 2. The summed E-state index contributed by atoms with van der Waals surface area (Å²) in [7, 11) is 0. The average molecular weight is 420 g/mol. The van der Waals surface area contributed by atoms with E-state index in [9.17, 15) is 20.1 Å². The van der Waals surface area contributed by atoms with Crippen molar-refractivity contribution in [3.05, 3.63) is 70.1 Å². The first-order valence-corrected chi connectivity index (χ1v) is 9.93. The van der Waals surface area contributed by atoms with E-state index in [0.29, 0.717) is 28.0 Å². The van der Waals surface area contributed by atoms with Gasteiger partial charge in [0.05, 0.1) is 17.2 Å². The normalized spacial score (nSPS) is 15.4. The molecular formula is C25H24O6. The van der Waals surface area contributed by atoms with Gasteiger partial charge in [0, 0.05) is 12.0 Å². The SMILES string of the molecule is C=C(C)[C@H](O)Cc1c2c(c3occ(-c4ccc(O)cc4)c(=O)c3c1O)C=CC(C)(C)O2. The van der Waals surface area contributed by atoms with Gasteiger partial charge < -0.3 is 24.5 Å². The fourth-order valence-corrected chi connectivity index (χ4v) is 3.65. The van der Waals surface area contributed by atoms with E-state index >= 15 is 0 Å². The number of benzene rings is 2. The van der Waals surface area contributed by atoms with Crippen LogP contribution in [0, 0.1) is 0 Å². The zero-order valence-corrected chi connectivity index (χ0v) is 17.6. The molecule has 160 valence electrons. The molecule has 3 aromatic rings. The molecule has 0 radical (unpaired) electrons. The van der Waals surface area contributed by atoms with E-state index in [1.165, 1.54) is 18.4 Å². The fourth-order valence-electron chi connectivity index (χ4n) is 3.65. The van der Waals surface area contributed by atoms with Crippen LogP contribution in [0.1, 0.15) is 31.9 Å². The third-order valence-electron chi connectivity index (χ3n) is 5.44. The van der Waals surface area contributed by atoms with Crippen LogP contribution in [-0.2, 0) is 6.42 Å². The van der Waals surface area contributed by atoms with Crippen molar-refractivity contribution in [3.8, 4) is 28.4 Å². The lowest BCUT2D eigenvalue weighted by molar-refractivity contribution is 0.153. The first kappa shape index (κ1) is 20.8. The quantitative estimate of drug-likeness (QED) is 0.536. The molecule has 0 amide bonds. The number of phenols is 2.